The molecular weight excluding hydrogens is 1350 g/mol. The van der Waals surface area contributed by atoms with Gasteiger partial charge in [0, 0.05) is 155 Å². The van der Waals surface area contributed by atoms with E-state index >= 15 is 0 Å². The molecule has 32 heteroatoms. The summed E-state index contributed by atoms with van der Waals surface area (Å²) < 4.78 is 10.6. The highest BCUT2D eigenvalue weighted by Gasteiger charge is 2.39. The van der Waals surface area contributed by atoms with E-state index in [4.69, 9.17) is 9.68 Å². The number of nitrogens with one attached hydrogen (secondary N) is 4. The van der Waals surface area contributed by atoms with Gasteiger partial charge in [-0.05, 0) is 77.1 Å². The minimum Gasteiger partial charge on any atom is -0.874 e. The van der Waals surface area contributed by atoms with Gasteiger partial charge in [-0.1, -0.05) is 92.4 Å². The molecule has 1 unspecified atom stereocenters. The van der Waals surface area contributed by atoms with Crippen molar-refractivity contribution in [3.8, 4) is 0 Å². The van der Waals surface area contributed by atoms with Crippen LogP contribution in [0.2, 0.25) is 0 Å². The highest BCUT2D eigenvalue weighted by Crippen LogP contribution is 2.41. The average molecular weight is 1430 g/mol. The number of Topliss-reactive ketones (excluding diaryl/α,β-unsaturated/α-hetero) is 1. The van der Waals surface area contributed by atoms with Crippen LogP contribution in [-0.2, 0) is 88.2 Å². The van der Waals surface area contributed by atoms with Crippen LogP contribution in [0.4, 0.5) is 5.69 Å². The van der Waals surface area contributed by atoms with E-state index in [1.807, 2.05) is 58.0 Å². The van der Waals surface area contributed by atoms with Crippen molar-refractivity contribution in [3.63, 3.8) is 0 Å². The van der Waals surface area contributed by atoms with E-state index in [0.717, 1.165) is 57.7 Å². The van der Waals surface area contributed by atoms with E-state index in [1.165, 1.54) is 0 Å². The molecule has 101 heavy (non-hydrogen) atoms. The second kappa shape index (κ2) is 38.3. The number of allylic oxidation sites excluding steroid dienone is 6. The summed E-state index contributed by atoms with van der Waals surface area (Å²) in [4.78, 5) is 156. The maximum Gasteiger partial charge on any atom is 0.333 e. The minimum absolute atomic E-state index is 0. The van der Waals surface area contributed by atoms with E-state index in [9.17, 15) is 68.4 Å². The number of amides is 8. The molecule has 0 saturated carbocycles. The number of carbonyl (C=O) groups excluding carboxylic acids is 11. The van der Waals surface area contributed by atoms with Crippen LogP contribution in [0.1, 0.15) is 141 Å². The zero-order chi connectivity index (χ0) is 70.9. The molecule has 8 amide bonds. The summed E-state index contributed by atoms with van der Waals surface area (Å²) in [6, 6.07) is 31.0. The normalized spacial score (nSPS) is 17.0. The first-order valence-corrected chi connectivity index (χ1v) is 33.6. The van der Waals surface area contributed by atoms with Gasteiger partial charge in [-0.25, -0.2) is 24.1 Å². The van der Waals surface area contributed by atoms with Crippen LogP contribution in [0.25, 0.3) is 5.57 Å². The van der Waals surface area contributed by atoms with Crippen molar-refractivity contribution < 1.29 is 101 Å². The maximum absolute atomic E-state index is 13.5. The number of hydroxylamine groups is 4. The molecule has 6 aliphatic heterocycles. The van der Waals surface area contributed by atoms with Crippen molar-refractivity contribution in [1.29, 1.82) is 0 Å². The summed E-state index contributed by atoms with van der Waals surface area (Å²) in [5.74, 6) is -6.50. The van der Waals surface area contributed by atoms with E-state index in [-0.39, 0.29) is 112 Å². The standard InChI is InChI=1S/C38H44N4O16S2.C30H26N6O4.CH4/c43-29-15-16-30(44)41(29)53-33(47)5-1-19-39(21-3-23-59-57-55-51)27-11-7-25(8-12-27)35-37(49)36(38(35)50)26-9-13-28(14-10-26)40(22-4-24-60-58-56-52)20-2-6-34(48)54-42-31(45)17-18-32(42)46;37-27-23-3-1-4-24(35-23)28(38)32-16-20-9-13-22(14-10-20)18-34-30(40)26-6-2-5-25(36-26)29(39)33-17-21-11-7-19(8-12-21)15-31-27;/h7-14,25,35H,1-6,15-24H2,(H2-,49,51,52);1-14H,15-18H2,(H,31,37)(H,32,38)(H,33,39)(H,34,40);1H4/p-2. The van der Waals surface area contributed by atoms with E-state index in [0.29, 0.717) is 79.1 Å². The van der Waals surface area contributed by atoms with Crippen LogP contribution in [0, 0.1) is 11.8 Å². The Hall–Kier alpha value is -10.3. The van der Waals surface area contributed by atoms with Gasteiger partial charge in [-0.3, -0.25) is 53.2 Å². The van der Waals surface area contributed by atoms with Gasteiger partial charge in [-0.2, -0.15) is 8.67 Å². The number of benzene rings is 3. The monoisotopic (exact) mass is 1420 g/mol. The molecule has 0 spiro atoms. The van der Waals surface area contributed by atoms with Gasteiger partial charge >= 0.3 is 11.9 Å². The Bertz CT molecular complexity index is 3710. The number of pyridine rings is 2. The Kier molecular flexibility index (Phi) is 29.0. The van der Waals surface area contributed by atoms with Crippen LogP contribution < -0.4 is 41.8 Å². The van der Waals surface area contributed by atoms with E-state index in [1.54, 1.807) is 85.0 Å². The van der Waals surface area contributed by atoms with Crippen molar-refractivity contribution in [2.45, 2.75) is 97.8 Å². The number of hydrogen-bond acceptors (Lipinski definition) is 25. The van der Waals surface area contributed by atoms with Crippen LogP contribution in [-0.4, -0.2) is 133 Å². The van der Waals surface area contributed by atoms with Gasteiger partial charge in [0.15, 0.2) is 11.5 Å². The molecule has 13 rings (SSSR count). The van der Waals surface area contributed by atoms with Crippen molar-refractivity contribution in [3.05, 3.63) is 190 Å². The predicted octanol–water partition coefficient (Wildman–Crippen LogP) is 3.40. The second-order valence-electron chi connectivity index (χ2n) is 22.9. The molecule has 0 radical (unpaired) electrons. The fourth-order valence-electron chi connectivity index (χ4n) is 10.9. The number of ketones is 1. The number of hydrogen-bond donors (Lipinski definition) is 4. The molecule has 4 N–H and O–H groups in total. The Morgan fingerprint density at radius 2 is 0.911 bits per heavy atom. The smallest absolute Gasteiger partial charge is 0.333 e. The largest absolute Gasteiger partial charge is 0.874 e. The molecule has 30 nitrogen and oxygen atoms in total. The molecule has 2 fully saturated rings. The van der Waals surface area contributed by atoms with Crippen molar-refractivity contribution in [2.24, 2.45) is 11.8 Å². The number of anilines is 1. The third-order valence-corrected chi connectivity index (χ3v) is 17.3. The van der Waals surface area contributed by atoms with E-state index in [2.05, 4.69) is 50.0 Å². The molecule has 8 bridgehead atoms. The lowest BCUT2D eigenvalue weighted by atomic mass is 9.71. The van der Waals surface area contributed by atoms with Gasteiger partial charge in [0.05, 0.1) is 6.42 Å². The Morgan fingerprint density at radius 3 is 1.32 bits per heavy atom. The third kappa shape index (κ3) is 21.8. The molecule has 8 heterocycles. The quantitative estimate of drug-likeness (QED) is 0.0162. The number of imide groups is 2. The Labute approximate surface area is 588 Å². The first-order valence-electron chi connectivity index (χ1n) is 31.8. The topological polar surface area (TPSA) is 399 Å². The summed E-state index contributed by atoms with van der Waals surface area (Å²) in [5.41, 5.74) is 5.97. The fourth-order valence-corrected chi connectivity index (χ4v) is 11.6. The minimum atomic E-state index is -0.909. The van der Waals surface area contributed by atoms with Gasteiger partial charge < -0.3 is 51.5 Å². The number of nitrogens with zero attached hydrogens (tertiary/aromatic N) is 6. The molecular formula is C69H72N10O20S2-2. The summed E-state index contributed by atoms with van der Waals surface area (Å²) >= 11 is 1.67. The first-order chi connectivity index (χ1) is 48.5. The maximum atomic E-state index is 13.5. The zero-order valence-electron chi connectivity index (χ0n) is 53.7. The van der Waals surface area contributed by atoms with Crippen molar-refractivity contribution >= 4 is 106 Å². The summed E-state index contributed by atoms with van der Waals surface area (Å²) in [7, 11) is 0. The molecule has 2 aromatic heterocycles. The van der Waals surface area contributed by atoms with Crippen LogP contribution in [0.15, 0.2) is 139 Å². The fraction of sp³-hybridized carbons (Fsp3) is 0.333. The van der Waals surface area contributed by atoms with Crippen LogP contribution in [0.3, 0.4) is 0 Å². The summed E-state index contributed by atoms with van der Waals surface area (Å²) in [6.07, 6.45) is 8.67. The molecule has 1 atom stereocenters. The number of aromatic nitrogens is 2. The van der Waals surface area contributed by atoms with Crippen LogP contribution in [0.5, 0.6) is 0 Å². The SMILES string of the molecule is C.O=C(CCCN(CCCSOO[O-])c1ccc(C2=C([O-])C(C3C=CC(=[N+](CCCSOO[O-])CCCC(=O)ON4C(=O)CCC4=O)C=C3)C2=O)cc1)ON1C(=O)CCC1=O.O=C1NCc2ccc(cc2)CNC(=O)c2cccc(n2)C(=O)NCc2ccc(cc2)CNC(=O)c2cccc1n2. The number of rotatable bonds is 25. The predicted molar refractivity (Wildman–Crippen MR) is 355 cm³/mol. The van der Waals surface area contributed by atoms with Gasteiger partial charge in [0.2, 0.25) is 0 Å². The van der Waals surface area contributed by atoms with Gasteiger partial charge in [0.1, 0.15) is 35.9 Å². The second-order valence-corrected chi connectivity index (χ2v) is 24.5. The van der Waals surface area contributed by atoms with Crippen molar-refractivity contribution in [2.75, 3.05) is 42.6 Å². The highest BCUT2D eigenvalue weighted by molar-refractivity contribution is 7.94. The first kappa shape index (κ1) is 76.4. The van der Waals surface area contributed by atoms with Crippen LogP contribution >= 0.6 is 24.1 Å². The lowest BCUT2D eigenvalue weighted by Crippen LogP contribution is -2.41. The molecule has 2 aliphatic carbocycles. The molecule has 2 saturated heterocycles. The van der Waals surface area contributed by atoms with Gasteiger partial charge in [-0.15, -0.1) is 15.9 Å². The molecule has 5 aromatic rings. The summed E-state index contributed by atoms with van der Waals surface area (Å²) in [5, 5.41) is 52.8. The van der Waals surface area contributed by atoms with Gasteiger partial charge in [0.25, 0.3) is 47.3 Å². The number of carbonyl (C=O) groups is 11. The molecule has 8 aliphatic rings. The lowest BCUT2D eigenvalue weighted by molar-refractivity contribution is -0.777. The molecule has 532 valence electrons. The average Bonchev–Trinajstić information content (AvgIpc) is 1.15. The lowest BCUT2D eigenvalue weighted by Gasteiger charge is -2.40. The molecule has 3 aromatic carbocycles. The Morgan fingerprint density at radius 1 is 0.525 bits per heavy atom. The Balaban J connectivity index is 0.000000274. The zero-order valence-corrected chi connectivity index (χ0v) is 55.3. The van der Waals surface area contributed by atoms with Crippen molar-refractivity contribution in [1.82, 2.24) is 41.4 Å². The highest BCUT2D eigenvalue weighted by atomic mass is 32.2. The summed E-state index contributed by atoms with van der Waals surface area (Å²) in [6.45, 7) is 2.74. The van der Waals surface area contributed by atoms with E-state index < -0.39 is 71.0 Å². The third-order valence-electron chi connectivity index (χ3n) is 16.1.